The fraction of sp³-hybridized carbons (Fsp3) is 0. The normalized spacial score (nSPS) is 9.44. The first kappa shape index (κ1) is 6.45. The maximum atomic E-state index is 5.53. The SMILES string of the molecule is NSc1ccccc1N. The van der Waals surface area contributed by atoms with E-state index in [0.717, 1.165) is 10.6 Å². The molecular weight excluding hydrogens is 132 g/mol. The maximum absolute atomic E-state index is 5.53. The first-order valence-electron chi connectivity index (χ1n) is 2.56. The topological polar surface area (TPSA) is 52.0 Å². The van der Waals surface area contributed by atoms with Gasteiger partial charge in [0.15, 0.2) is 0 Å². The predicted octanol–water partition coefficient (Wildman–Crippen LogP) is 1.23. The molecule has 3 heteroatoms. The van der Waals surface area contributed by atoms with Gasteiger partial charge in [0.25, 0.3) is 0 Å². The molecule has 1 rings (SSSR count). The van der Waals surface area contributed by atoms with Gasteiger partial charge in [-0.1, -0.05) is 12.1 Å². The third-order valence-electron chi connectivity index (χ3n) is 1.05. The minimum absolute atomic E-state index is 0.741. The van der Waals surface area contributed by atoms with Crippen molar-refractivity contribution in [3.63, 3.8) is 0 Å². The van der Waals surface area contributed by atoms with E-state index in [2.05, 4.69) is 0 Å². The van der Waals surface area contributed by atoms with Crippen molar-refractivity contribution in [2.24, 2.45) is 5.14 Å². The Bertz CT molecular complexity index is 200. The Morgan fingerprint density at radius 1 is 1.22 bits per heavy atom. The molecule has 4 N–H and O–H groups in total. The Balaban J connectivity index is 3.01. The fourth-order valence-corrected chi connectivity index (χ4v) is 0.949. The summed E-state index contributed by atoms with van der Waals surface area (Å²) in [5.41, 5.74) is 6.27. The lowest BCUT2D eigenvalue weighted by Crippen LogP contribution is -1.88. The van der Waals surface area contributed by atoms with Crippen molar-refractivity contribution in [3.05, 3.63) is 24.3 Å². The van der Waals surface area contributed by atoms with E-state index in [-0.39, 0.29) is 0 Å². The van der Waals surface area contributed by atoms with Crippen LogP contribution in [0.1, 0.15) is 0 Å². The average Bonchev–Trinajstić information content (AvgIpc) is 1.89. The molecule has 0 aromatic heterocycles. The highest BCUT2D eigenvalue weighted by Crippen LogP contribution is 2.18. The highest BCUT2D eigenvalue weighted by atomic mass is 32.2. The van der Waals surface area contributed by atoms with Crippen LogP contribution in [-0.4, -0.2) is 0 Å². The third-order valence-corrected chi connectivity index (χ3v) is 1.67. The number of hydrogen-bond donors (Lipinski definition) is 2. The molecular formula is C6H8N2S. The van der Waals surface area contributed by atoms with Crippen LogP contribution < -0.4 is 10.9 Å². The molecule has 0 amide bonds. The van der Waals surface area contributed by atoms with Crippen molar-refractivity contribution in [2.75, 3.05) is 5.73 Å². The van der Waals surface area contributed by atoms with Crippen molar-refractivity contribution < 1.29 is 0 Å². The van der Waals surface area contributed by atoms with Crippen LogP contribution >= 0.6 is 11.9 Å². The van der Waals surface area contributed by atoms with Crippen molar-refractivity contribution in [1.82, 2.24) is 0 Å². The van der Waals surface area contributed by atoms with E-state index in [1.54, 1.807) is 0 Å². The molecule has 9 heavy (non-hydrogen) atoms. The Morgan fingerprint density at radius 3 is 2.33 bits per heavy atom. The maximum Gasteiger partial charge on any atom is 0.0465 e. The van der Waals surface area contributed by atoms with Crippen LogP contribution in [-0.2, 0) is 0 Å². The molecule has 0 saturated carbocycles. The largest absolute Gasteiger partial charge is 0.398 e. The third kappa shape index (κ3) is 1.37. The molecule has 0 spiro atoms. The minimum Gasteiger partial charge on any atom is -0.398 e. The molecule has 1 aromatic rings. The van der Waals surface area contributed by atoms with Crippen molar-refractivity contribution in [3.8, 4) is 0 Å². The molecule has 0 aliphatic rings. The van der Waals surface area contributed by atoms with Crippen LogP contribution in [0.15, 0.2) is 29.2 Å². The second-order valence-corrected chi connectivity index (χ2v) is 2.33. The van der Waals surface area contributed by atoms with Gasteiger partial charge in [-0.3, -0.25) is 5.14 Å². The molecule has 0 aliphatic heterocycles. The van der Waals surface area contributed by atoms with Gasteiger partial charge in [0.2, 0.25) is 0 Å². The van der Waals surface area contributed by atoms with E-state index in [1.807, 2.05) is 24.3 Å². The Labute approximate surface area is 58.4 Å². The van der Waals surface area contributed by atoms with E-state index in [1.165, 1.54) is 11.9 Å². The lowest BCUT2D eigenvalue weighted by atomic mass is 10.3. The van der Waals surface area contributed by atoms with Crippen LogP contribution in [0.3, 0.4) is 0 Å². The molecule has 0 fully saturated rings. The van der Waals surface area contributed by atoms with E-state index < -0.39 is 0 Å². The van der Waals surface area contributed by atoms with Gasteiger partial charge in [0.1, 0.15) is 0 Å². The predicted molar refractivity (Wildman–Crippen MR) is 40.9 cm³/mol. The molecule has 48 valence electrons. The van der Waals surface area contributed by atoms with Crippen molar-refractivity contribution >= 4 is 17.6 Å². The smallest absolute Gasteiger partial charge is 0.0465 e. The van der Waals surface area contributed by atoms with Gasteiger partial charge in [0, 0.05) is 10.6 Å². The summed E-state index contributed by atoms with van der Waals surface area (Å²) >= 11 is 1.17. The van der Waals surface area contributed by atoms with Gasteiger partial charge < -0.3 is 5.73 Å². The summed E-state index contributed by atoms with van der Waals surface area (Å²) in [6.45, 7) is 0. The van der Waals surface area contributed by atoms with Gasteiger partial charge in [-0.2, -0.15) is 0 Å². The van der Waals surface area contributed by atoms with Gasteiger partial charge in [-0.15, -0.1) is 0 Å². The monoisotopic (exact) mass is 140 g/mol. The quantitative estimate of drug-likeness (QED) is 0.455. The van der Waals surface area contributed by atoms with Gasteiger partial charge in [0.05, 0.1) is 0 Å². The van der Waals surface area contributed by atoms with Crippen LogP contribution in [0.4, 0.5) is 5.69 Å². The van der Waals surface area contributed by atoms with E-state index in [9.17, 15) is 0 Å². The summed E-state index contributed by atoms with van der Waals surface area (Å²) in [5.74, 6) is 0. The van der Waals surface area contributed by atoms with E-state index in [4.69, 9.17) is 10.9 Å². The lowest BCUT2D eigenvalue weighted by molar-refractivity contribution is 1.46. The molecule has 0 bridgehead atoms. The Hall–Kier alpha value is -0.670. The second-order valence-electron chi connectivity index (χ2n) is 1.66. The van der Waals surface area contributed by atoms with Crippen LogP contribution in [0.5, 0.6) is 0 Å². The van der Waals surface area contributed by atoms with Crippen molar-refractivity contribution in [1.29, 1.82) is 0 Å². The Kier molecular flexibility index (Phi) is 1.97. The number of nitrogen functional groups attached to an aromatic ring is 1. The zero-order chi connectivity index (χ0) is 6.69. The standard InChI is InChI=1S/C6H8N2S/c7-5-3-1-2-4-6(5)9-8/h1-4H,7-8H2. The van der Waals surface area contributed by atoms with E-state index >= 15 is 0 Å². The first-order chi connectivity index (χ1) is 4.34. The number of rotatable bonds is 1. The number of benzene rings is 1. The molecule has 2 nitrogen and oxygen atoms in total. The van der Waals surface area contributed by atoms with Gasteiger partial charge in [-0.25, -0.2) is 0 Å². The van der Waals surface area contributed by atoms with E-state index in [0.29, 0.717) is 0 Å². The second kappa shape index (κ2) is 2.75. The molecule has 0 heterocycles. The summed E-state index contributed by atoms with van der Waals surface area (Å²) < 4.78 is 0. The van der Waals surface area contributed by atoms with Crippen molar-refractivity contribution in [2.45, 2.75) is 4.90 Å². The highest BCUT2D eigenvalue weighted by Gasteiger charge is 1.91. The fourth-order valence-electron chi connectivity index (χ4n) is 0.588. The summed E-state index contributed by atoms with van der Waals surface area (Å²) in [4.78, 5) is 0.928. The molecule has 1 aromatic carbocycles. The Morgan fingerprint density at radius 2 is 1.89 bits per heavy atom. The number of para-hydroxylation sites is 1. The van der Waals surface area contributed by atoms with Gasteiger partial charge >= 0.3 is 0 Å². The number of nitrogens with two attached hydrogens (primary N) is 2. The molecule has 0 aliphatic carbocycles. The summed E-state index contributed by atoms with van der Waals surface area (Å²) in [6, 6.07) is 7.51. The molecule has 0 atom stereocenters. The molecule has 0 saturated heterocycles. The average molecular weight is 140 g/mol. The first-order valence-corrected chi connectivity index (χ1v) is 3.44. The highest BCUT2D eigenvalue weighted by molar-refractivity contribution is 7.97. The van der Waals surface area contributed by atoms with Crippen LogP contribution in [0, 0.1) is 0 Å². The summed E-state index contributed by atoms with van der Waals surface area (Å²) in [6.07, 6.45) is 0. The van der Waals surface area contributed by atoms with Crippen LogP contribution in [0.25, 0.3) is 0 Å². The van der Waals surface area contributed by atoms with Gasteiger partial charge in [-0.05, 0) is 24.1 Å². The van der Waals surface area contributed by atoms with Crippen LogP contribution in [0.2, 0.25) is 0 Å². The molecule has 0 radical (unpaired) electrons. The minimum atomic E-state index is 0.741. The zero-order valence-electron chi connectivity index (χ0n) is 4.87. The number of hydrogen-bond acceptors (Lipinski definition) is 3. The summed E-state index contributed by atoms with van der Waals surface area (Å²) in [7, 11) is 0. The summed E-state index contributed by atoms with van der Waals surface area (Å²) in [5, 5.41) is 5.29. The zero-order valence-corrected chi connectivity index (χ0v) is 5.69. The number of anilines is 1. The molecule has 0 unspecified atom stereocenters. The lowest BCUT2D eigenvalue weighted by Gasteiger charge is -1.97.